The van der Waals surface area contributed by atoms with Crippen molar-refractivity contribution in [3.05, 3.63) is 0 Å². The van der Waals surface area contributed by atoms with Crippen molar-refractivity contribution in [3.8, 4) is 0 Å². The molecule has 0 aromatic carbocycles. The van der Waals surface area contributed by atoms with E-state index in [-0.39, 0.29) is 12.4 Å². The van der Waals surface area contributed by atoms with E-state index in [9.17, 15) is 9.59 Å². The highest BCUT2D eigenvalue weighted by atomic mass is 35.5. The monoisotopic (exact) mass is 252 g/mol. The minimum absolute atomic E-state index is 0. The number of carbonyl (C=O) groups is 2. The lowest BCUT2D eigenvalue weighted by molar-refractivity contribution is -0.289. The molecule has 0 aliphatic carbocycles. The van der Waals surface area contributed by atoms with Gasteiger partial charge < -0.3 is 0 Å². The van der Waals surface area contributed by atoms with Gasteiger partial charge in [0, 0.05) is 0 Å². The van der Waals surface area contributed by atoms with Crippen LogP contribution >= 0.6 is 12.4 Å². The van der Waals surface area contributed by atoms with Crippen molar-refractivity contribution in [1.29, 1.82) is 0 Å². The van der Waals surface area contributed by atoms with Crippen molar-refractivity contribution in [3.63, 3.8) is 0 Å². The molecule has 0 bridgehead atoms. The van der Waals surface area contributed by atoms with Crippen molar-refractivity contribution in [2.75, 3.05) is 13.1 Å². The van der Waals surface area contributed by atoms with Crippen LogP contribution in [-0.2, 0) is 14.5 Å². The summed E-state index contributed by atoms with van der Waals surface area (Å²) in [6.45, 7) is 8.79. The van der Waals surface area contributed by atoms with Gasteiger partial charge in [-0.15, -0.1) is 17.3 Å². The minimum Gasteiger partial charge on any atom is -0.276 e. The van der Waals surface area contributed by atoms with Gasteiger partial charge in [0.2, 0.25) is 12.8 Å². The summed E-state index contributed by atoms with van der Waals surface area (Å²) in [7, 11) is 0. The van der Waals surface area contributed by atoms with E-state index >= 15 is 0 Å². The SMILES string of the molecule is CC(C)CN(C=O)ON(C=O)CC(C)C.Cl. The first-order valence-electron chi connectivity index (χ1n) is 5.11. The zero-order valence-electron chi connectivity index (χ0n) is 10.3. The van der Waals surface area contributed by atoms with E-state index in [1.54, 1.807) is 0 Å². The molecule has 0 radical (unpaired) electrons. The molecule has 0 aliphatic rings. The zero-order valence-corrected chi connectivity index (χ0v) is 11.1. The third-order valence-corrected chi connectivity index (χ3v) is 1.54. The minimum atomic E-state index is 0. The first-order chi connectivity index (χ1) is 6.99. The third kappa shape index (κ3) is 8.49. The lowest BCUT2D eigenvalue weighted by atomic mass is 10.2. The summed E-state index contributed by atoms with van der Waals surface area (Å²) in [6, 6.07) is 0. The standard InChI is InChI=1S/C10H20N2O3.ClH/c1-9(2)5-11(7-13)15-12(8-14)6-10(3)4;/h7-10H,5-6H2,1-4H3;1H. The van der Waals surface area contributed by atoms with Crippen LogP contribution in [0.5, 0.6) is 0 Å². The van der Waals surface area contributed by atoms with Crippen LogP contribution in [0, 0.1) is 11.8 Å². The van der Waals surface area contributed by atoms with E-state index in [1.807, 2.05) is 27.7 Å². The molecule has 6 heteroatoms. The average Bonchev–Trinajstić information content (AvgIpc) is 2.14. The molecule has 0 unspecified atom stereocenters. The summed E-state index contributed by atoms with van der Waals surface area (Å²) < 4.78 is 0. The molecule has 96 valence electrons. The van der Waals surface area contributed by atoms with Crippen LogP contribution < -0.4 is 0 Å². The number of hydrogen-bond acceptors (Lipinski definition) is 3. The molecule has 0 N–H and O–H groups in total. The molecular formula is C10H21ClN2O3. The maximum absolute atomic E-state index is 10.6. The third-order valence-electron chi connectivity index (χ3n) is 1.54. The molecule has 0 saturated carbocycles. The van der Waals surface area contributed by atoms with Crippen LogP contribution in [-0.4, -0.2) is 36.0 Å². The Morgan fingerprint density at radius 2 is 1.25 bits per heavy atom. The second kappa shape index (κ2) is 9.42. The van der Waals surface area contributed by atoms with Crippen molar-refractivity contribution >= 4 is 25.2 Å². The molecule has 0 fully saturated rings. The summed E-state index contributed by atoms with van der Waals surface area (Å²) in [5.74, 6) is 0.588. The lowest BCUT2D eigenvalue weighted by Gasteiger charge is -2.25. The number of hydrogen-bond donors (Lipinski definition) is 0. The molecule has 0 heterocycles. The van der Waals surface area contributed by atoms with Gasteiger partial charge in [-0.1, -0.05) is 27.7 Å². The van der Waals surface area contributed by atoms with Gasteiger partial charge in [-0.05, 0) is 11.8 Å². The Labute approximate surface area is 103 Å². The fourth-order valence-corrected chi connectivity index (χ4v) is 1.05. The topological polar surface area (TPSA) is 49.9 Å². The molecule has 2 amide bonds. The molecular weight excluding hydrogens is 232 g/mol. The molecule has 16 heavy (non-hydrogen) atoms. The fourth-order valence-electron chi connectivity index (χ4n) is 1.05. The Hall–Kier alpha value is -0.810. The number of hydroxylamine groups is 4. The Morgan fingerprint density at radius 3 is 1.44 bits per heavy atom. The van der Waals surface area contributed by atoms with Gasteiger partial charge in [-0.3, -0.25) is 9.59 Å². The van der Waals surface area contributed by atoms with Crippen LogP contribution in [0.15, 0.2) is 0 Å². The number of halogens is 1. The average molecular weight is 253 g/mol. The Morgan fingerprint density at radius 1 is 0.938 bits per heavy atom. The number of rotatable bonds is 8. The first-order valence-corrected chi connectivity index (χ1v) is 5.11. The largest absolute Gasteiger partial charge is 0.276 e. The molecule has 0 rings (SSSR count). The summed E-state index contributed by atoms with van der Waals surface area (Å²) in [5.41, 5.74) is 0. The van der Waals surface area contributed by atoms with Crippen LogP contribution in [0.4, 0.5) is 0 Å². The number of carbonyl (C=O) groups excluding carboxylic acids is 2. The van der Waals surface area contributed by atoms with E-state index in [0.29, 0.717) is 37.7 Å². The Balaban J connectivity index is 0. The van der Waals surface area contributed by atoms with Crippen LogP contribution in [0.25, 0.3) is 0 Å². The lowest BCUT2D eigenvalue weighted by Crippen LogP contribution is -2.37. The molecule has 0 aliphatic heterocycles. The first kappa shape index (κ1) is 17.6. The highest BCUT2D eigenvalue weighted by Gasteiger charge is 2.12. The van der Waals surface area contributed by atoms with E-state index in [1.165, 1.54) is 0 Å². The predicted octanol–water partition coefficient (Wildman–Crippen LogP) is 1.48. The summed E-state index contributed by atoms with van der Waals surface area (Å²) in [5, 5.41) is 2.25. The van der Waals surface area contributed by atoms with E-state index in [0.717, 1.165) is 10.1 Å². The zero-order chi connectivity index (χ0) is 11.8. The van der Waals surface area contributed by atoms with Crippen LogP contribution in [0.2, 0.25) is 0 Å². The van der Waals surface area contributed by atoms with Crippen molar-refractivity contribution in [2.24, 2.45) is 11.8 Å². The predicted molar refractivity (Wildman–Crippen MR) is 63.5 cm³/mol. The number of amides is 2. The fraction of sp³-hybridized carbons (Fsp3) is 0.800. The molecule has 0 aromatic heterocycles. The van der Waals surface area contributed by atoms with Gasteiger partial charge in [0.25, 0.3) is 0 Å². The Bertz CT molecular complexity index is 181. The summed E-state index contributed by atoms with van der Waals surface area (Å²) in [4.78, 5) is 26.4. The van der Waals surface area contributed by atoms with Gasteiger partial charge in [0.15, 0.2) is 0 Å². The normalized spacial score (nSPS) is 9.88. The van der Waals surface area contributed by atoms with Crippen molar-refractivity contribution in [2.45, 2.75) is 27.7 Å². The van der Waals surface area contributed by atoms with Gasteiger partial charge in [0.05, 0.1) is 13.1 Å². The quantitative estimate of drug-likeness (QED) is 0.486. The smallest absolute Gasteiger partial charge is 0.235 e. The van der Waals surface area contributed by atoms with Gasteiger partial charge >= 0.3 is 0 Å². The summed E-state index contributed by atoms with van der Waals surface area (Å²) in [6.07, 6.45) is 1.16. The van der Waals surface area contributed by atoms with Crippen LogP contribution in [0.3, 0.4) is 0 Å². The van der Waals surface area contributed by atoms with Crippen LogP contribution in [0.1, 0.15) is 27.7 Å². The van der Waals surface area contributed by atoms with Gasteiger partial charge in [-0.25, -0.2) is 0 Å². The van der Waals surface area contributed by atoms with E-state index < -0.39 is 0 Å². The van der Waals surface area contributed by atoms with Crippen molar-refractivity contribution < 1.29 is 14.5 Å². The highest BCUT2D eigenvalue weighted by molar-refractivity contribution is 5.85. The maximum Gasteiger partial charge on any atom is 0.235 e. The summed E-state index contributed by atoms with van der Waals surface area (Å²) >= 11 is 0. The Kier molecular flexibility index (Phi) is 10.3. The number of nitrogens with zero attached hydrogens (tertiary/aromatic N) is 2. The highest BCUT2D eigenvalue weighted by Crippen LogP contribution is 2.02. The second-order valence-electron chi connectivity index (χ2n) is 4.28. The molecule has 0 saturated heterocycles. The second-order valence-corrected chi connectivity index (χ2v) is 4.28. The molecule has 0 atom stereocenters. The molecule has 5 nitrogen and oxygen atoms in total. The van der Waals surface area contributed by atoms with Gasteiger partial charge in [-0.2, -0.15) is 10.1 Å². The van der Waals surface area contributed by atoms with Crippen molar-refractivity contribution in [1.82, 2.24) is 10.1 Å². The van der Waals surface area contributed by atoms with E-state index in [2.05, 4.69) is 0 Å². The molecule has 0 aromatic rings. The maximum atomic E-state index is 10.6. The van der Waals surface area contributed by atoms with Gasteiger partial charge in [0.1, 0.15) is 0 Å². The molecule has 0 spiro atoms. The van der Waals surface area contributed by atoms with E-state index in [4.69, 9.17) is 4.94 Å².